The van der Waals surface area contributed by atoms with E-state index in [0.29, 0.717) is 19.3 Å². The van der Waals surface area contributed by atoms with Crippen LogP contribution in [-0.4, -0.2) is 22.2 Å². The summed E-state index contributed by atoms with van der Waals surface area (Å²) in [6.45, 7) is 0. The lowest BCUT2D eigenvalue weighted by molar-refractivity contribution is -0.148. The lowest BCUT2D eigenvalue weighted by Gasteiger charge is -2.35. The Morgan fingerprint density at radius 3 is 2.56 bits per heavy atom. The fourth-order valence-electron chi connectivity index (χ4n) is 2.71. The average Bonchev–Trinajstić information content (AvgIpc) is 2.27. The number of aliphatic carboxylic acids is 2. The van der Waals surface area contributed by atoms with Crippen LogP contribution in [0.4, 0.5) is 0 Å². The summed E-state index contributed by atoms with van der Waals surface area (Å²) in [5, 5.41) is 18.2. The molecule has 0 amide bonds. The standard InChI is InChI=1S/C12H14O4/c13-11(14)9-5-6-10(12(15)16)8-4-2-1-3-7(8)9/h1-3,8-10H,4-6H2,(H,13,14)(H,15,16). The molecule has 86 valence electrons. The Morgan fingerprint density at radius 2 is 1.94 bits per heavy atom. The predicted molar refractivity (Wildman–Crippen MR) is 56.8 cm³/mol. The van der Waals surface area contributed by atoms with Gasteiger partial charge in [0.15, 0.2) is 0 Å². The Kier molecular flexibility index (Phi) is 2.81. The fraction of sp³-hybridized carbons (Fsp3) is 0.500. The van der Waals surface area contributed by atoms with E-state index >= 15 is 0 Å². The molecule has 2 N–H and O–H groups in total. The summed E-state index contributed by atoms with van der Waals surface area (Å²) in [7, 11) is 0. The van der Waals surface area contributed by atoms with E-state index in [0.717, 1.165) is 5.57 Å². The van der Waals surface area contributed by atoms with Gasteiger partial charge in [-0.1, -0.05) is 23.8 Å². The second-order valence-electron chi connectivity index (χ2n) is 4.35. The van der Waals surface area contributed by atoms with Crippen molar-refractivity contribution in [1.82, 2.24) is 0 Å². The number of carboxylic acids is 2. The minimum atomic E-state index is -0.838. The molecule has 2 aliphatic carbocycles. The van der Waals surface area contributed by atoms with E-state index in [1.54, 1.807) is 6.08 Å². The van der Waals surface area contributed by atoms with Gasteiger partial charge in [-0.3, -0.25) is 9.59 Å². The first-order valence-corrected chi connectivity index (χ1v) is 5.43. The first kappa shape index (κ1) is 10.9. The van der Waals surface area contributed by atoms with E-state index in [9.17, 15) is 9.59 Å². The summed E-state index contributed by atoms with van der Waals surface area (Å²) in [6.07, 6.45) is 7.06. The largest absolute Gasteiger partial charge is 0.481 e. The molecule has 3 atom stereocenters. The molecule has 1 fully saturated rings. The summed E-state index contributed by atoms with van der Waals surface area (Å²) in [5.74, 6) is -2.69. The molecule has 16 heavy (non-hydrogen) atoms. The zero-order valence-corrected chi connectivity index (χ0v) is 8.80. The van der Waals surface area contributed by atoms with E-state index < -0.39 is 23.8 Å². The number of hydrogen-bond donors (Lipinski definition) is 2. The molecular weight excluding hydrogens is 208 g/mol. The van der Waals surface area contributed by atoms with E-state index in [4.69, 9.17) is 10.2 Å². The number of carboxylic acid groups (broad SMARTS) is 2. The average molecular weight is 222 g/mol. The van der Waals surface area contributed by atoms with Gasteiger partial charge in [0.1, 0.15) is 0 Å². The summed E-state index contributed by atoms with van der Waals surface area (Å²) < 4.78 is 0. The van der Waals surface area contributed by atoms with Crippen molar-refractivity contribution in [2.45, 2.75) is 19.3 Å². The molecule has 0 aromatic heterocycles. The quantitative estimate of drug-likeness (QED) is 0.745. The smallest absolute Gasteiger partial charge is 0.310 e. The zero-order chi connectivity index (χ0) is 11.7. The van der Waals surface area contributed by atoms with Gasteiger partial charge in [-0.25, -0.2) is 0 Å². The van der Waals surface area contributed by atoms with E-state index in [1.165, 1.54) is 0 Å². The summed E-state index contributed by atoms with van der Waals surface area (Å²) in [4.78, 5) is 22.2. The predicted octanol–water partition coefficient (Wildman–Crippen LogP) is 1.68. The highest BCUT2D eigenvalue weighted by Gasteiger charge is 2.41. The molecule has 2 aliphatic rings. The van der Waals surface area contributed by atoms with Gasteiger partial charge in [0.2, 0.25) is 0 Å². The molecular formula is C12H14O4. The van der Waals surface area contributed by atoms with Crippen LogP contribution in [0.5, 0.6) is 0 Å². The van der Waals surface area contributed by atoms with Crippen molar-refractivity contribution in [3.05, 3.63) is 23.8 Å². The van der Waals surface area contributed by atoms with E-state index in [-0.39, 0.29) is 5.92 Å². The fourth-order valence-corrected chi connectivity index (χ4v) is 2.71. The van der Waals surface area contributed by atoms with Crippen molar-refractivity contribution in [3.63, 3.8) is 0 Å². The third-order valence-electron chi connectivity index (χ3n) is 3.51. The van der Waals surface area contributed by atoms with Crippen molar-refractivity contribution in [1.29, 1.82) is 0 Å². The second-order valence-corrected chi connectivity index (χ2v) is 4.35. The van der Waals surface area contributed by atoms with Crippen molar-refractivity contribution in [2.75, 3.05) is 0 Å². The van der Waals surface area contributed by atoms with Gasteiger partial charge in [0, 0.05) is 0 Å². The molecule has 1 saturated carbocycles. The van der Waals surface area contributed by atoms with Crippen LogP contribution in [0.2, 0.25) is 0 Å². The first-order chi connectivity index (χ1) is 7.61. The number of rotatable bonds is 2. The highest BCUT2D eigenvalue weighted by molar-refractivity contribution is 5.77. The van der Waals surface area contributed by atoms with Crippen LogP contribution in [0.1, 0.15) is 19.3 Å². The van der Waals surface area contributed by atoms with Gasteiger partial charge in [0.05, 0.1) is 11.8 Å². The summed E-state index contributed by atoms with van der Waals surface area (Å²) in [6, 6.07) is 0. The van der Waals surface area contributed by atoms with Gasteiger partial charge in [0.25, 0.3) is 0 Å². The third kappa shape index (κ3) is 1.75. The molecule has 0 bridgehead atoms. The topological polar surface area (TPSA) is 74.6 Å². The molecule has 0 saturated heterocycles. The molecule has 0 aromatic carbocycles. The van der Waals surface area contributed by atoms with Crippen LogP contribution in [0.15, 0.2) is 23.8 Å². The van der Waals surface area contributed by atoms with Crippen molar-refractivity contribution >= 4 is 11.9 Å². The van der Waals surface area contributed by atoms with Crippen LogP contribution < -0.4 is 0 Å². The monoisotopic (exact) mass is 222 g/mol. The van der Waals surface area contributed by atoms with Crippen LogP contribution in [0.3, 0.4) is 0 Å². The maximum atomic E-state index is 11.1. The minimum Gasteiger partial charge on any atom is -0.481 e. The maximum Gasteiger partial charge on any atom is 0.310 e. The normalized spacial score (nSPS) is 32.8. The lowest BCUT2D eigenvalue weighted by atomic mass is 9.67. The van der Waals surface area contributed by atoms with Crippen LogP contribution in [-0.2, 0) is 9.59 Å². The van der Waals surface area contributed by atoms with Gasteiger partial charge in [-0.2, -0.15) is 0 Å². The summed E-state index contributed by atoms with van der Waals surface area (Å²) >= 11 is 0. The minimum absolute atomic E-state index is 0.127. The summed E-state index contributed by atoms with van der Waals surface area (Å²) in [5.41, 5.74) is 0.786. The highest BCUT2D eigenvalue weighted by atomic mass is 16.4. The van der Waals surface area contributed by atoms with Gasteiger partial charge < -0.3 is 10.2 Å². The lowest BCUT2D eigenvalue weighted by Crippen LogP contribution is -2.36. The maximum absolute atomic E-state index is 11.1. The van der Waals surface area contributed by atoms with Gasteiger partial charge in [-0.15, -0.1) is 0 Å². The SMILES string of the molecule is O=C(O)C1CCC(C(=O)O)C2CC=CC=C12. The van der Waals surface area contributed by atoms with Crippen LogP contribution >= 0.6 is 0 Å². The van der Waals surface area contributed by atoms with Crippen LogP contribution in [0.25, 0.3) is 0 Å². The number of hydrogen-bond acceptors (Lipinski definition) is 2. The van der Waals surface area contributed by atoms with Crippen LogP contribution in [0, 0.1) is 17.8 Å². The second kappa shape index (κ2) is 4.12. The van der Waals surface area contributed by atoms with Crippen molar-refractivity contribution in [2.24, 2.45) is 17.8 Å². The number of carbonyl (C=O) groups is 2. The third-order valence-corrected chi connectivity index (χ3v) is 3.51. The molecule has 0 spiro atoms. The van der Waals surface area contributed by atoms with Crippen molar-refractivity contribution in [3.8, 4) is 0 Å². The first-order valence-electron chi connectivity index (χ1n) is 5.43. The number of allylic oxidation sites excluding steroid dienone is 3. The molecule has 0 radical (unpaired) electrons. The molecule has 0 aliphatic heterocycles. The molecule has 4 nitrogen and oxygen atoms in total. The number of fused-ring (bicyclic) bond motifs is 1. The molecule has 2 rings (SSSR count). The van der Waals surface area contributed by atoms with E-state index in [1.807, 2.05) is 12.2 Å². The Morgan fingerprint density at radius 1 is 1.19 bits per heavy atom. The zero-order valence-electron chi connectivity index (χ0n) is 8.80. The van der Waals surface area contributed by atoms with Crippen molar-refractivity contribution < 1.29 is 19.8 Å². The Hall–Kier alpha value is -1.58. The Bertz CT molecular complexity index is 380. The molecule has 0 heterocycles. The Balaban J connectivity index is 2.29. The highest BCUT2D eigenvalue weighted by Crippen LogP contribution is 2.42. The van der Waals surface area contributed by atoms with E-state index in [2.05, 4.69) is 0 Å². The molecule has 3 unspecified atom stereocenters. The van der Waals surface area contributed by atoms with Gasteiger partial charge >= 0.3 is 11.9 Å². The Labute approximate surface area is 93.3 Å². The molecule has 0 aromatic rings. The molecule has 4 heteroatoms. The van der Waals surface area contributed by atoms with Gasteiger partial charge in [-0.05, 0) is 25.2 Å².